The molecule has 0 saturated carbocycles. The smallest absolute Gasteiger partial charge is 0.254 e. The zero-order valence-electron chi connectivity index (χ0n) is 15.7. The molecule has 3 rings (SSSR count). The van der Waals surface area contributed by atoms with Crippen LogP contribution in [0.4, 0.5) is 0 Å². The summed E-state index contributed by atoms with van der Waals surface area (Å²) >= 11 is 0. The number of rotatable bonds is 4. The number of amides is 1. The second-order valence-corrected chi connectivity index (χ2v) is 6.63. The maximum absolute atomic E-state index is 13.0. The highest BCUT2D eigenvalue weighted by atomic mass is 16.5. The summed E-state index contributed by atoms with van der Waals surface area (Å²) < 4.78 is 10.7. The van der Waals surface area contributed by atoms with Crippen LogP contribution >= 0.6 is 0 Å². The Bertz CT molecular complexity index is 816. The molecule has 0 saturated heterocycles. The standard InChI is InChI=1S/C21H25NO4/c1-13-18-12-19(14(2)23)20(26-4)11-15(18)8-9-22(13)21(24)16-6-5-7-17(10-16)25-3/h5-7,10-14,23H,8-9H2,1-4H3. The first-order valence-electron chi connectivity index (χ1n) is 8.80. The molecule has 1 aliphatic rings. The first kappa shape index (κ1) is 18.3. The van der Waals surface area contributed by atoms with Gasteiger partial charge in [0.1, 0.15) is 11.5 Å². The number of benzene rings is 2. The molecular formula is C21H25NO4. The maximum atomic E-state index is 13.0. The van der Waals surface area contributed by atoms with Crippen molar-refractivity contribution in [1.29, 1.82) is 0 Å². The van der Waals surface area contributed by atoms with Crippen molar-refractivity contribution in [3.8, 4) is 11.5 Å². The summed E-state index contributed by atoms with van der Waals surface area (Å²) in [5.41, 5.74) is 3.58. The zero-order valence-corrected chi connectivity index (χ0v) is 15.7. The Kier molecular flexibility index (Phi) is 5.18. The van der Waals surface area contributed by atoms with E-state index in [1.807, 2.05) is 42.2 Å². The summed E-state index contributed by atoms with van der Waals surface area (Å²) in [5.74, 6) is 1.34. The lowest BCUT2D eigenvalue weighted by atomic mass is 9.89. The van der Waals surface area contributed by atoms with E-state index in [2.05, 4.69) is 0 Å². The van der Waals surface area contributed by atoms with Crippen molar-refractivity contribution >= 4 is 5.91 Å². The van der Waals surface area contributed by atoms with E-state index < -0.39 is 6.10 Å². The van der Waals surface area contributed by atoms with E-state index in [1.54, 1.807) is 27.2 Å². The molecule has 1 N–H and O–H groups in total. The Labute approximate surface area is 154 Å². The lowest BCUT2D eigenvalue weighted by Crippen LogP contribution is -2.39. The maximum Gasteiger partial charge on any atom is 0.254 e. The minimum atomic E-state index is -0.632. The summed E-state index contributed by atoms with van der Waals surface area (Å²) in [6.07, 6.45) is 0.123. The van der Waals surface area contributed by atoms with Gasteiger partial charge in [0, 0.05) is 17.7 Å². The van der Waals surface area contributed by atoms with E-state index >= 15 is 0 Å². The molecule has 26 heavy (non-hydrogen) atoms. The van der Waals surface area contributed by atoms with Crippen molar-refractivity contribution in [1.82, 2.24) is 4.90 Å². The Hall–Kier alpha value is -2.53. The highest BCUT2D eigenvalue weighted by Crippen LogP contribution is 2.37. The topological polar surface area (TPSA) is 59.0 Å². The van der Waals surface area contributed by atoms with Crippen molar-refractivity contribution in [2.75, 3.05) is 20.8 Å². The number of methoxy groups -OCH3 is 2. The van der Waals surface area contributed by atoms with E-state index in [0.717, 1.165) is 23.1 Å². The monoisotopic (exact) mass is 355 g/mol. The zero-order chi connectivity index (χ0) is 18.8. The molecule has 1 amide bonds. The van der Waals surface area contributed by atoms with Crippen LogP contribution < -0.4 is 9.47 Å². The van der Waals surface area contributed by atoms with Gasteiger partial charge < -0.3 is 19.5 Å². The number of hydrogen-bond acceptors (Lipinski definition) is 4. The highest BCUT2D eigenvalue weighted by molar-refractivity contribution is 5.95. The molecule has 0 bridgehead atoms. The van der Waals surface area contributed by atoms with Gasteiger partial charge in [-0.1, -0.05) is 6.07 Å². The fraction of sp³-hybridized carbons (Fsp3) is 0.381. The highest BCUT2D eigenvalue weighted by Gasteiger charge is 2.30. The minimum absolute atomic E-state index is 0.0172. The number of ether oxygens (including phenoxy) is 2. The van der Waals surface area contributed by atoms with Crippen molar-refractivity contribution in [3.05, 3.63) is 58.7 Å². The quantitative estimate of drug-likeness (QED) is 0.912. The molecule has 0 aliphatic carbocycles. The summed E-state index contributed by atoms with van der Waals surface area (Å²) in [6, 6.07) is 11.1. The van der Waals surface area contributed by atoms with Crippen LogP contribution in [-0.4, -0.2) is 36.7 Å². The van der Waals surface area contributed by atoms with Crippen LogP contribution in [0.25, 0.3) is 0 Å². The van der Waals surface area contributed by atoms with Gasteiger partial charge >= 0.3 is 0 Å². The fourth-order valence-corrected chi connectivity index (χ4v) is 3.57. The fourth-order valence-electron chi connectivity index (χ4n) is 3.57. The van der Waals surface area contributed by atoms with Crippen molar-refractivity contribution in [3.63, 3.8) is 0 Å². The van der Waals surface area contributed by atoms with E-state index in [9.17, 15) is 9.90 Å². The Morgan fingerprint density at radius 3 is 2.65 bits per heavy atom. The van der Waals surface area contributed by atoms with Crippen LogP contribution in [0.5, 0.6) is 11.5 Å². The molecule has 5 heteroatoms. The molecule has 138 valence electrons. The van der Waals surface area contributed by atoms with Crippen LogP contribution in [-0.2, 0) is 6.42 Å². The number of carbonyl (C=O) groups excluding carboxylic acids is 1. The van der Waals surface area contributed by atoms with Crippen LogP contribution in [0.3, 0.4) is 0 Å². The third-order valence-electron chi connectivity index (χ3n) is 5.06. The Balaban J connectivity index is 1.95. The molecule has 5 nitrogen and oxygen atoms in total. The summed E-state index contributed by atoms with van der Waals surface area (Å²) in [7, 11) is 3.20. The predicted octanol–water partition coefficient (Wildman–Crippen LogP) is 3.52. The number of hydrogen-bond donors (Lipinski definition) is 1. The van der Waals surface area contributed by atoms with Gasteiger partial charge in [-0.15, -0.1) is 0 Å². The second-order valence-electron chi connectivity index (χ2n) is 6.63. The van der Waals surface area contributed by atoms with E-state index in [4.69, 9.17) is 9.47 Å². The van der Waals surface area contributed by atoms with Crippen molar-refractivity contribution in [2.24, 2.45) is 0 Å². The van der Waals surface area contributed by atoms with E-state index in [1.165, 1.54) is 0 Å². The molecular weight excluding hydrogens is 330 g/mol. The molecule has 0 radical (unpaired) electrons. The largest absolute Gasteiger partial charge is 0.497 e. The van der Waals surface area contributed by atoms with Gasteiger partial charge in [0.05, 0.1) is 26.4 Å². The lowest BCUT2D eigenvalue weighted by molar-refractivity contribution is 0.0677. The third kappa shape index (κ3) is 3.27. The van der Waals surface area contributed by atoms with Gasteiger partial charge in [-0.05, 0) is 61.7 Å². The third-order valence-corrected chi connectivity index (χ3v) is 5.06. The van der Waals surface area contributed by atoms with E-state index in [0.29, 0.717) is 23.6 Å². The molecule has 2 aromatic rings. The minimum Gasteiger partial charge on any atom is -0.497 e. The molecule has 1 aliphatic heterocycles. The number of aliphatic hydroxyl groups is 1. The van der Waals surface area contributed by atoms with Gasteiger partial charge in [-0.2, -0.15) is 0 Å². The molecule has 2 atom stereocenters. The van der Waals surface area contributed by atoms with Crippen LogP contribution in [0.1, 0.15) is 53.0 Å². The summed E-state index contributed by atoms with van der Waals surface area (Å²) in [6.45, 7) is 4.38. The first-order valence-corrected chi connectivity index (χ1v) is 8.80. The number of fused-ring (bicyclic) bond motifs is 1. The molecule has 2 aromatic carbocycles. The van der Waals surface area contributed by atoms with Crippen LogP contribution in [0.15, 0.2) is 36.4 Å². The number of nitrogens with zero attached hydrogens (tertiary/aromatic N) is 1. The summed E-state index contributed by atoms with van der Waals surface area (Å²) in [4.78, 5) is 14.9. The SMILES string of the molecule is COc1cccc(C(=O)N2CCc3cc(OC)c(C(C)O)cc3C2C)c1. The second kappa shape index (κ2) is 7.38. The van der Waals surface area contributed by atoms with Gasteiger partial charge in [-0.25, -0.2) is 0 Å². The van der Waals surface area contributed by atoms with Crippen molar-refractivity contribution in [2.45, 2.75) is 32.4 Å². The molecule has 0 aromatic heterocycles. The van der Waals surface area contributed by atoms with Gasteiger partial charge in [0.2, 0.25) is 0 Å². The van der Waals surface area contributed by atoms with Gasteiger partial charge in [-0.3, -0.25) is 4.79 Å². The predicted molar refractivity (Wildman–Crippen MR) is 99.8 cm³/mol. The molecule has 0 spiro atoms. The van der Waals surface area contributed by atoms with Crippen molar-refractivity contribution < 1.29 is 19.4 Å². The van der Waals surface area contributed by atoms with Crippen LogP contribution in [0, 0.1) is 0 Å². The Morgan fingerprint density at radius 1 is 1.23 bits per heavy atom. The number of carbonyl (C=O) groups is 1. The van der Waals surface area contributed by atoms with Gasteiger partial charge in [0.15, 0.2) is 0 Å². The molecule has 0 fully saturated rings. The van der Waals surface area contributed by atoms with E-state index in [-0.39, 0.29) is 11.9 Å². The summed E-state index contributed by atoms with van der Waals surface area (Å²) in [5, 5.41) is 10.1. The average Bonchev–Trinajstić information content (AvgIpc) is 2.66. The lowest BCUT2D eigenvalue weighted by Gasteiger charge is -2.36. The molecule has 2 unspecified atom stereocenters. The molecule has 1 heterocycles. The first-order chi connectivity index (χ1) is 12.5. The van der Waals surface area contributed by atoms with Gasteiger partial charge in [0.25, 0.3) is 5.91 Å². The average molecular weight is 355 g/mol. The normalized spacial score (nSPS) is 17.4. The Morgan fingerprint density at radius 2 is 2.00 bits per heavy atom. The van der Waals surface area contributed by atoms with Crippen LogP contribution in [0.2, 0.25) is 0 Å². The number of aliphatic hydroxyl groups excluding tert-OH is 1.